The largest absolute Gasteiger partial charge is 0.478 e. The molecule has 1 saturated carbocycles. The number of carboxylic acids is 1. The number of fused-ring (bicyclic) bond motifs is 1. The molecule has 2 N–H and O–H groups in total. The van der Waals surface area contributed by atoms with Crippen LogP contribution in [0.25, 0.3) is 28.0 Å². The molecule has 144 valence electrons. The lowest BCUT2D eigenvalue weighted by molar-refractivity contribution is 0.0696. The fourth-order valence-corrected chi connectivity index (χ4v) is 3.22. The zero-order valence-corrected chi connectivity index (χ0v) is 15.2. The van der Waals surface area contributed by atoms with Crippen molar-refractivity contribution in [1.29, 1.82) is 0 Å². The van der Waals surface area contributed by atoms with Gasteiger partial charge in [-0.1, -0.05) is 0 Å². The number of carboxylic acid groups (broad SMARTS) is 1. The number of benzene rings is 1. The first-order valence-electron chi connectivity index (χ1n) is 9.20. The summed E-state index contributed by atoms with van der Waals surface area (Å²) in [6, 6.07) is 11.4. The molecule has 3 aromatic heterocycles. The first kappa shape index (κ1) is 17.3. The van der Waals surface area contributed by atoms with Crippen molar-refractivity contribution in [3.63, 3.8) is 0 Å². The SMILES string of the molecule is O=C(O)c1ccc2c(-c3ccnc(NC4CC4)n3)c(-c3ccc(F)cc3)nn2c1. The smallest absolute Gasteiger partial charge is 0.337 e. The summed E-state index contributed by atoms with van der Waals surface area (Å²) in [5, 5.41) is 17.2. The summed E-state index contributed by atoms with van der Waals surface area (Å²) in [5.74, 6) is -0.841. The zero-order chi connectivity index (χ0) is 20.0. The number of halogens is 1. The van der Waals surface area contributed by atoms with E-state index in [0.29, 0.717) is 34.5 Å². The maximum atomic E-state index is 13.4. The molecule has 0 unspecified atom stereocenters. The van der Waals surface area contributed by atoms with Crippen LogP contribution in [0.4, 0.5) is 10.3 Å². The molecule has 1 aromatic carbocycles. The van der Waals surface area contributed by atoms with Gasteiger partial charge in [-0.2, -0.15) is 5.10 Å². The molecule has 29 heavy (non-hydrogen) atoms. The Labute approximate surface area is 164 Å². The molecule has 8 heteroatoms. The Morgan fingerprint density at radius 3 is 2.66 bits per heavy atom. The van der Waals surface area contributed by atoms with Crippen LogP contribution in [0.5, 0.6) is 0 Å². The van der Waals surface area contributed by atoms with Gasteiger partial charge in [0.05, 0.1) is 22.3 Å². The van der Waals surface area contributed by atoms with Crippen LogP contribution >= 0.6 is 0 Å². The molecule has 0 atom stereocenters. The van der Waals surface area contributed by atoms with E-state index in [1.54, 1.807) is 30.5 Å². The van der Waals surface area contributed by atoms with E-state index in [-0.39, 0.29) is 11.4 Å². The van der Waals surface area contributed by atoms with Gasteiger partial charge in [-0.3, -0.25) is 0 Å². The van der Waals surface area contributed by atoms with Gasteiger partial charge in [-0.15, -0.1) is 0 Å². The monoisotopic (exact) mass is 389 g/mol. The third-order valence-electron chi connectivity index (χ3n) is 4.82. The van der Waals surface area contributed by atoms with E-state index in [4.69, 9.17) is 0 Å². The highest BCUT2D eigenvalue weighted by Crippen LogP contribution is 2.35. The molecule has 7 nitrogen and oxygen atoms in total. The summed E-state index contributed by atoms with van der Waals surface area (Å²) >= 11 is 0. The Kier molecular flexibility index (Phi) is 3.97. The van der Waals surface area contributed by atoms with Crippen LogP contribution in [0.1, 0.15) is 23.2 Å². The van der Waals surface area contributed by atoms with Gasteiger partial charge in [0.2, 0.25) is 5.95 Å². The number of pyridine rings is 1. The van der Waals surface area contributed by atoms with Gasteiger partial charge in [0, 0.05) is 24.0 Å². The number of aromatic nitrogens is 4. The van der Waals surface area contributed by atoms with Crippen molar-refractivity contribution < 1.29 is 14.3 Å². The lowest BCUT2D eigenvalue weighted by atomic mass is 10.0. The topological polar surface area (TPSA) is 92.4 Å². The predicted molar refractivity (Wildman–Crippen MR) is 105 cm³/mol. The summed E-state index contributed by atoms with van der Waals surface area (Å²) in [5.41, 5.74) is 3.50. The fourth-order valence-electron chi connectivity index (χ4n) is 3.22. The highest BCUT2D eigenvalue weighted by Gasteiger charge is 2.23. The van der Waals surface area contributed by atoms with E-state index in [1.165, 1.54) is 28.9 Å². The Morgan fingerprint density at radius 1 is 1.14 bits per heavy atom. The van der Waals surface area contributed by atoms with Gasteiger partial charge in [0.1, 0.15) is 11.5 Å². The Morgan fingerprint density at radius 2 is 1.93 bits per heavy atom. The first-order valence-corrected chi connectivity index (χ1v) is 9.20. The minimum Gasteiger partial charge on any atom is -0.478 e. The number of hydrogen-bond acceptors (Lipinski definition) is 5. The maximum Gasteiger partial charge on any atom is 0.337 e. The Hall–Kier alpha value is -3.81. The molecular weight excluding hydrogens is 373 g/mol. The van der Waals surface area contributed by atoms with Crippen molar-refractivity contribution in [3.8, 4) is 22.5 Å². The zero-order valence-electron chi connectivity index (χ0n) is 15.2. The highest BCUT2D eigenvalue weighted by atomic mass is 19.1. The number of nitrogens with one attached hydrogen (secondary N) is 1. The third-order valence-corrected chi connectivity index (χ3v) is 4.82. The second kappa shape index (κ2) is 6.66. The van der Waals surface area contributed by atoms with Crippen molar-refractivity contribution in [2.75, 3.05) is 5.32 Å². The molecule has 5 rings (SSSR count). The average Bonchev–Trinajstić information content (AvgIpc) is 3.45. The molecule has 4 aromatic rings. The normalized spacial score (nSPS) is 13.6. The molecular formula is C21H16FN5O2. The van der Waals surface area contributed by atoms with E-state index in [2.05, 4.69) is 20.4 Å². The summed E-state index contributed by atoms with van der Waals surface area (Å²) in [4.78, 5) is 20.3. The highest BCUT2D eigenvalue weighted by molar-refractivity contribution is 5.93. The Bertz CT molecular complexity index is 1230. The molecule has 0 spiro atoms. The molecule has 0 amide bonds. The van der Waals surface area contributed by atoms with E-state index in [0.717, 1.165) is 18.4 Å². The number of hydrogen-bond donors (Lipinski definition) is 2. The fraction of sp³-hybridized carbons (Fsp3) is 0.143. The summed E-state index contributed by atoms with van der Waals surface area (Å²) in [6.07, 6.45) is 5.33. The third kappa shape index (κ3) is 3.29. The molecule has 1 aliphatic carbocycles. The van der Waals surface area contributed by atoms with Crippen molar-refractivity contribution in [2.45, 2.75) is 18.9 Å². The number of aromatic carboxylic acids is 1. The molecule has 0 saturated heterocycles. The van der Waals surface area contributed by atoms with Gasteiger partial charge in [0.15, 0.2) is 0 Å². The van der Waals surface area contributed by atoms with Crippen LogP contribution in [0.2, 0.25) is 0 Å². The van der Waals surface area contributed by atoms with Crippen molar-refractivity contribution in [1.82, 2.24) is 19.6 Å². The van der Waals surface area contributed by atoms with Crippen LogP contribution in [0.15, 0.2) is 54.9 Å². The predicted octanol–water partition coefficient (Wildman–Crippen LogP) is 3.87. The number of anilines is 1. The number of nitrogens with zero attached hydrogens (tertiary/aromatic N) is 4. The summed E-state index contributed by atoms with van der Waals surface area (Å²) in [6.45, 7) is 0. The standard InChI is InChI=1S/C21H16FN5O2/c22-14-4-1-12(2-5-14)19-18(16-9-10-23-21(25-16)24-15-6-7-15)17-8-3-13(20(28)29)11-27(17)26-19/h1-5,8-11,15H,6-7H2,(H,28,29)(H,23,24,25). The lowest BCUT2D eigenvalue weighted by Gasteiger charge is -2.07. The Balaban J connectivity index is 1.72. The molecule has 1 fully saturated rings. The molecule has 3 heterocycles. The van der Waals surface area contributed by atoms with Crippen LogP contribution in [-0.4, -0.2) is 36.7 Å². The second-order valence-corrected chi connectivity index (χ2v) is 6.97. The molecule has 1 aliphatic rings. The van der Waals surface area contributed by atoms with Crippen LogP contribution in [0.3, 0.4) is 0 Å². The molecule has 0 aliphatic heterocycles. The van der Waals surface area contributed by atoms with Crippen molar-refractivity contribution in [2.24, 2.45) is 0 Å². The minimum atomic E-state index is -1.04. The first-order chi connectivity index (χ1) is 14.1. The van der Waals surface area contributed by atoms with Gasteiger partial charge in [-0.25, -0.2) is 23.7 Å². The quantitative estimate of drug-likeness (QED) is 0.538. The van der Waals surface area contributed by atoms with Crippen LogP contribution < -0.4 is 5.32 Å². The number of rotatable bonds is 5. The van der Waals surface area contributed by atoms with E-state index in [9.17, 15) is 14.3 Å². The maximum absolute atomic E-state index is 13.4. The van der Waals surface area contributed by atoms with Gasteiger partial charge in [-0.05, 0) is 55.3 Å². The molecule has 0 radical (unpaired) electrons. The van der Waals surface area contributed by atoms with Crippen molar-refractivity contribution in [3.05, 3.63) is 66.2 Å². The van der Waals surface area contributed by atoms with Gasteiger partial charge < -0.3 is 10.4 Å². The van der Waals surface area contributed by atoms with Crippen LogP contribution in [-0.2, 0) is 0 Å². The summed E-state index contributed by atoms with van der Waals surface area (Å²) in [7, 11) is 0. The van der Waals surface area contributed by atoms with Gasteiger partial charge >= 0.3 is 5.97 Å². The average molecular weight is 389 g/mol. The van der Waals surface area contributed by atoms with Gasteiger partial charge in [0.25, 0.3) is 0 Å². The lowest BCUT2D eigenvalue weighted by Crippen LogP contribution is -2.05. The molecule has 0 bridgehead atoms. The van der Waals surface area contributed by atoms with E-state index >= 15 is 0 Å². The number of carbonyl (C=O) groups is 1. The van der Waals surface area contributed by atoms with E-state index in [1.807, 2.05) is 0 Å². The van der Waals surface area contributed by atoms with Crippen molar-refractivity contribution >= 4 is 17.4 Å². The van der Waals surface area contributed by atoms with E-state index < -0.39 is 5.97 Å². The second-order valence-electron chi connectivity index (χ2n) is 6.97. The minimum absolute atomic E-state index is 0.121. The summed E-state index contributed by atoms with van der Waals surface area (Å²) < 4.78 is 15.0. The van der Waals surface area contributed by atoms with Crippen LogP contribution in [0, 0.1) is 5.82 Å².